The number of nitrogens with one attached hydrogen (secondary N) is 1. The normalized spacial score (nSPS) is 11.7. The Bertz CT molecular complexity index is 242. The molecule has 1 aromatic rings. The Hall–Kier alpha value is -1.39. The molecule has 1 rings (SSSR count). The van der Waals surface area contributed by atoms with Crippen LogP contribution in [0.4, 0.5) is 5.95 Å². The predicted molar refractivity (Wildman–Crippen MR) is 45.4 cm³/mol. The van der Waals surface area contributed by atoms with Gasteiger partial charge >= 0.3 is 0 Å². The van der Waals surface area contributed by atoms with Gasteiger partial charge in [0.2, 0.25) is 5.95 Å². The van der Waals surface area contributed by atoms with Crippen LogP contribution < -0.4 is 0 Å². The molecule has 12 heavy (non-hydrogen) atoms. The van der Waals surface area contributed by atoms with Gasteiger partial charge in [0.05, 0.1) is 6.61 Å². The minimum absolute atomic E-state index is 0.486. The first-order chi connectivity index (χ1) is 5.86. The Kier molecular flexibility index (Phi) is 3.25. The zero-order chi connectivity index (χ0) is 8.81. The van der Waals surface area contributed by atoms with Crippen molar-refractivity contribution in [1.82, 2.24) is 15.2 Å². The second-order valence-electron chi connectivity index (χ2n) is 2.10. The molecule has 5 heteroatoms. The number of aliphatic imine (C=N–C) groups is 1. The van der Waals surface area contributed by atoms with Crippen molar-refractivity contribution in [3.05, 3.63) is 6.33 Å². The van der Waals surface area contributed by atoms with Gasteiger partial charge in [-0.1, -0.05) is 6.92 Å². The van der Waals surface area contributed by atoms with Gasteiger partial charge in [0.1, 0.15) is 6.33 Å². The lowest BCUT2D eigenvalue weighted by Crippen LogP contribution is -2.02. The number of aromatic amines is 1. The van der Waals surface area contributed by atoms with Crippen molar-refractivity contribution in [1.29, 1.82) is 0 Å². The van der Waals surface area contributed by atoms with Crippen molar-refractivity contribution in [3.8, 4) is 0 Å². The standard InChI is InChI=1S/C7H12N4O/c1-3-6(12-4-2)10-7-8-5-9-11-7/h5H,3-4H2,1-2H3,(H,8,9,11). The zero-order valence-electron chi connectivity index (χ0n) is 7.24. The van der Waals surface area contributed by atoms with Gasteiger partial charge in [-0.3, -0.25) is 0 Å². The molecule has 0 unspecified atom stereocenters. The molecule has 0 amide bonds. The Morgan fingerprint density at radius 1 is 1.67 bits per heavy atom. The van der Waals surface area contributed by atoms with E-state index in [1.54, 1.807) is 0 Å². The Balaban J connectivity index is 2.64. The molecule has 0 saturated heterocycles. The molecule has 0 saturated carbocycles. The van der Waals surface area contributed by atoms with Crippen molar-refractivity contribution < 1.29 is 4.74 Å². The number of hydrogen-bond acceptors (Lipinski definition) is 4. The van der Waals surface area contributed by atoms with Crippen molar-refractivity contribution in [2.45, 2.75) is 20.3 Å². The molecular weight excluding hydrogens is 156 g/mol. The molecule has 0 fully saturated rings. The van der Waals surface area contributed by atoms with Gasteiger partial charge in [0.25, 0.3) is 0 Å². The summed E-state index contributed by atoms with van der Waals surface area (Å²) in [5, 5.41) is 6.30. The fraction of sp³-hybridized carbons (Fsp3) is 0.571. The highest BCUT2D eigenvalue weighted by molar-refractivity contribution is 5.77. The summed E-state index contributed by atoms with van der Waals surface area (Å²) >= 11 is 0. The Morgan fingerprint density at radius 3 is 3.00 bits per heavy atom. The van der Waals surface area contributed by atoms with E-state index in [9.17, 15) is 0 Å². The molecule has 0 radical (unpaired) electrons. The molecule has 66 valence electrons. The van der Waals surface area contributed by atoms with E-state index in [0.717, 1.165) is 6.42 Å². The number of H-pyrrole nitrogens is 1. The summed E-state index contributed by atoms with van der Waals surface area (Å²) in [5.41, 5.74) is 0. The Morgan fingerprint density at radius 2 is 2.50 bits per heavy atom. The first-order valence-corrected chi connectivity index (χ1v) is 3.92. The van der Waals surface area contributed by atoms with E-state index in [1.165, 1.54) is 6.33 Å². The summed E-state index contributed by atoms with van der Waals surface area (Å²) in [6, 6.07) is 0. The summed E-state index contributed by atoms with van der Waals surface area (Å²) < 4.78 is 5.23. The molecule has 0 aliphatic rings. The lowest BCUT2D eigenvalue weighted by Gasteiger charge is -2.01. The van der Waals surface area contributed by atoms with E-state index in [4.69, 9.17) is 4.74 Å². The van der Waals surface area contributed by atoms with Crippen molar-refractivity contribution in [3.63, 3.8) is 0 Å². The molecule has 1 heterocycles. The molecule has 0 bridgehead atoms. The zero-order valence-corrected chi connectivity index (χ0v) is 7.24. The van der Waals surface area contributed by atoms with Crippen LogP contribution in [-0.4, -0.2) is 27.7 Å². The SMILES string of the molecule is CCOC(CC)=Nc1ncn[nH]1. The molecule has 1 aromatic heterocycles. The third kappa shape index (κ3) is 2.34. The Labute approximate surface area is 70.9 Å². The smallest absolute Gasteiger partial charge is 0.248 e. The third-order valence-electron chi connectivity index (χ3n) is 1.25. The minimum Gasteiger partial charge on any atom is -0.481 e. The highest BCUT2D eigenvalue weighted by Crippen LogP contribution is 2.01. The van der Waals surface area contributed by atoms with E-state index < -0.39 is 0 Å². The molecule has 5 nitrogen and oxygen atoms in total. The second kappa shape index (κ2) is 4.48. The molecule has 0 aromatic carbocycles. The van der Waals surface area contributed by atoms with Crippen LogP contribution >= 0.6 is 0 Å². The monoisotopic (exact) mass is 168 g/mol. The minimum atomic E-state index is 0.486. The maximum absolute atomic E-state index is 5.23. The van der Waals surface area contributed by atoms with Crippen LogP contribution in [0.5, 0.6) is 0 Å². The second-order valence-corrected chi connectivity index (χ2v) is 2.10. The summed E-state index contributed by atoms with van der Waals surface area (Å²) in [4.78, 5) is 7.94. The van der Waals surface area contributed by atoms with E-state index in [-0.39, 0.29) is 0 Å². The molecule has 0 atom stereocenters. The predicted octanol–water partition coefficient (Wildman–Crippen LogP) is 1.28. The molecule has 1 N–H and O–H groups in total. The molecular formula is C7H12N4O. The van der Waals surface area contributed by atoms with E-state index in [0.29, 0.717) is 18.5 Å². The van der Waals surface area contributed by atoms with Gasteiger partial charge in [-0.2, -0.15) is 15.1 Å². The van der Waals surface area contributed by atoms with Gasteiger partial charge in [0.15, 0.2) is 5.90 Å². The number of ether oxygens (including phenoxy) is 1. The van der Waals surface area contributed by atoms with Gasteiger partial charge in [0, 0.05) is 6.42 Å². The summed E-state index contributed by atoms with van der Waals surface area (Å²) in [5.74, 6) is 1.16. The van der Waals surface area contributed by atoms with Crippen LogP contribution in [0.15, 0.2) is 11.3 Å². The molecule has 0 aliphatic carbocycles. The summed E-state index contributed by atoms with van der Waals surface area (Å²) in [7, 11) is 0. The average molecular weight is 168 g/mol. The third-order valence-corrected chi connectivity index (χ3v) is 1.25. The summed E-state index contributed by atoms with van der Waals surface area (Å²) in [6.07, 6.45) is 2.17. The first-order valence-electron chi connectivity index (χ1n) is 3.92. The van der Waals surface area contributed by atoms with Crippen LogP contribution in [0.3, 0.4) is 0 Å². The van der Waals surface area contributed by atoms with Crippen LogP contribution in [0.1, 0.15) is 20.3 Å². The topological polar surface area (TPSA) is 63.2 Å². The fourth-order valence-corrected chi connectivity index (χ4v) is 0.751. The van der Waals surface area contributed by atoms with Gasteiger partial charge in [-0.05, 0) is 6.92 Å². The van der Waals surface area contributed by atoms with E-state index in [1.807, 2.05) is 13.8 Å². The van der Waals surface area contributed by atoms with Crippen molar-refractivity contribution in [2.24, 2.45) is 4.99 Å². The maximum Gasteiger partial charge on any atom is 0.248 e. The quantitative estimate of drug-likeness (QED) is 0.546. The highest BCUT2D eigenvalue weighted by Gasteiger charge is 1.97. The lowest BCUT2D eigenvalue weighted by molar-refractivity contribution is 0.319. The molecule has 0 spiro atoms. The first kappa shape index (κ1) is 8.70. The van der Waals surface area contributed by atoms with Gasteiger partial charge in [-0.25, -0.2) is 5.10 Å². The van der Waals surface area contributed by atoms with Crippen LogP contribution in [0.2, 0.25) is 0 Å². The van der Waals surface area contributed by atoms with Gasteiger partial charge < -0.3 is 4.74 Å². The fourth-order valence-electron chi connectivity index (χ4n) is 0.751. The summed E-state index contributed by atoms with van der Waals surface area (Å²) in [6.45, 7) is 4.53. The van der Waals surface area contributed by atoms with Gasteiger partial charge in [-0.15, -0.1) is 0 Å². The highest BCUT2D eigenvalue weighted by atomic mass is 16.5. The van der Waals surface area contributed by atoms with Crippen molar-refractivity contribution >= 4 is 11.8 Å². The van der Waals surface area contributed by atoms with E-state index >= 15 is 0 Å². The molecule has 0 aliphatic heterocycles. The van der Waals surface area contributed by atoms with Crippen molar-refractivity contribution in [2.75, 3.05) is 6.61 Å². The van der Waals surface area contributed by atoms with Crippen LogP contribution in [0.25, 0.3) is 0 Å². The van der Waals surface area contributed by atoms with Crippen LogP contribution in [-0.2, 0) is 4.74 Å². The number of nitrogens with zero attached hydrogens (tertiary/aromatic N) is 3. The average Bonchev–Trinajstić information content (AvgIpc) is 2.56. The maximum atomic E-state index is 5.23. The lowest BCUT2D eigenvalue weighted by atomic mass is 10.5. The van der Waals surface area contributed by atoms with Crippen LogP contribution in [0, 0.1) is 0 Å². The van der Waals surface area contributed by atoms with E-state index in [2.05, 4.69) is 20.2 Å². The number of hydrogen-bond donors (Lipinski definition) is 1. The largest absolute Gasteiger partial charge is 0.481 e. The number of aromatic nitrogens is 3. The number of rotatable bonds is 3.